The molecule has 0 aromatic carbocycles. The van der Waals surface area contributed by atoms with Gasteiger partial charge in [-0.3, -0.25) is 9.59 Å². The van der Waals surface area contributed by atoms with E-state index in [1.54, 1.807) is 16.8 Å². The molecule has 2 rings (SSSR count). The van der Waals surface area contributed by atoms with E-state index in [1.807, 2.05) is 0 Å². The normalized spacial score (nSPS) is 17.0. The van der Waals surface area contributed by atoms with E-state index in [-0.39, 0.29) is 18.0 Å². The minimum absolute atomic E-state index is 0.0448. The maximum atomic E-state index is 11.4. The predicted octanol–water partition coefficient (Wildman–Crippen LogP) is -0.952. The van der Waals surface area contributed by atoms with E-state index >= 15 is 0 Å². The summed E-state index contributed by atoms with van der Waals surface area (Å²) in [5.41, 5.74) is -0.202. The van der Waals surface area contributed by atoms with Crippen LogP contribution in [0.25, 0.3) is 0 Å². The largest absolute Gasteiger partial charge is 0.345 e. The van der Waals surface area contributed by atoms with Crippen molar-refractivity contribution in [3.63, 3.8) is 0 Å². The monoisotopic (exact) mass is 208 g/mol. The molecule has 15 heavy (non-hydrogen) atoms. The fourth-order valence-electron chi connectivity index (χ4n) is 1.49. The van der Waals surface area contributed by atoms with Gasteiger partial charge in [0.2, 0.25) is 5.91 Å². The summed E-state index contributed by atoms with van der Waals surface area (Å²) in [6.07, 6.45) is 1.35. The van der Waals surface area contributed by atoms with Crippen LogP contribution in [0.4, 0.5) is 5.82 Å². The summed E-state index contributed by atoms with van der Waals surface area (Å²) in [5.74, 6) is 0.600. The number of nitrogens with one attached hydrogen (secondary N) is 1. The first-order valence-corrected chi connectivity index (χ1v) is 4.70. The molecule has 1 aliphatic heterocycles. The number of nitrogens with zero attached hydrogens (tertiary/aromatic N) is 3. The Balaban J connectivity index is 2.19. The molecule has 2 heterocycles. The molecule has 0 unspecified atom stereocenters. The van der Waals surface area contributed by atoms with Crippen LogP contribution >= 0.6 is 0 Å². The lowest BCUT2D eigenvalue weighted by Crippen LogP contribution is -2.49. The molecule has 6 nitrogen and oxygen atoms in total. The zero-order chi connectivity index (χ0) is 10.8. The van der Waals surface area contributed by atoms with Gasteiger partial charge in [0.1, 0.15) is 5.82 Å². The summed E-state index contributed by atoms with van der Waals surface area (Å²) in [6.45, 7) is 1.65. The van der Waals surface area contributed by atoms with E-state index in [4.69, 9.17) is 0 Å². The van der Waals surface area contributed by atoms with Crippen LogP contribution in [0.2, 0.25) is 0 Å². The first-order valence-electron chi connectivity index (χ1n) is 4.70. The quantitative estimate of drug-likeness (QED) is 0.646. The van der Waals surface area contributed by atoms with Gasteiger partial charge in [0.05, 0.1) is 12.9 Å². The van der Waals surface area contributed by atoms with Crippen molar-refractivity contribution < 1.29 is 4.79 Å². The predicted molar refractivity (Wildman–Crippen MR) is 54.7 cm³/mol. The zero-order valence-corrected chi connectivity index (χ0v) is 8.43. The summed E-state index contributed by atoms with van der Waals surface area (Å²) in [6, 6.07) is 1.40. The topological polar surface area (TPSA) is 69.3 Å². The average Bonchev–Trinajstić information content (AvgIpc) is 2.22. The Morgan fingerprint density at radius 1 is 1.40 bits per heavy atom. The van der Waals surface area contributed by atoms with Gasteiger partial charge in [-0.05, 0) is 0 Å². The molecule has 0 bridgehead atoms. The number of hydrogen-bond donors (Lipinski definition) is 1. The van der Waals surface area contributed by atoms with Crippen molar-refractivity contribution in [3.05, 3.63) is 22.7 Å². The molecular weight excluding hydrogens is 196 g/mol. The third-order valence-electron chi connectivity index (χ3n) is 2.45. The Labute approximate surface area is 86.5 Å². The maximum absolute atomic E-state index is 11.4. The Bertz CT molecular complexity index is 428. The molecule has 80 valence electrons. The van der Waals surface area contributed by atoms with Gasteiger partial charge < -0.3 is 14.8 Å². The molecule has 1 fully saturated rings. The first-order chi connectivity index (χ1) is 7.16. The second-order valence-corrected chi connectivity index (χ2v) is 3.51. The Morgan fingerprint density at radius 3 is 2.87 bits per heavy atom. The zero-order valence-electron chi connectivity index (χ0n) is 8.43. The Hall–Kier alpha value is -1.85. The standard InChI is InChI=1S/C9H12N4O2/c1-12-2-3-13(5-9(12)15)7-4-8(14)11-6-10-7/h4,6H,2-3,5H2,1H3,(H,10,11,14). The van der Waals surface area contributed by atoms with Crippen molar-refractivity contribution in [2.75, 3.05) is 31.6 Å². The lowest BCUT2D eigenvalue weighted by atomic mass is 10.3. The highest BCUT2D eigenvalue weighted by molar-refractivity contribution is 5.82. The molecule has 1 aromatic rings. The van der Waals surface area contributed by atoms with Gasteiger partial charge in [-0.15, -0.1) is 0 Å². The molecule has 0 atom stereocenters. The molecule has 1 aromatic heterocycles. The number of amides is 1. The molecule has 0 aliphatic carbocycles. The number of piperazine rings is 1. The average molecular weight is 208 g/mol. The third-order valence-corrected chi connectivity index (χ3v) is 2.45. The summed E-state index contributed by atoms with van der Waals surface area (Å²) in [4.78, 5) is 32.4. The molecule has 0 radical (unpaired) electrons. The van der Waals surface area contributed by atoms with Crippen LogP contribution in [0.15, 0.2) is 17.2 Å². The van der Waals surface area contributed by atoms with Crippen molar-refractivity contribution in [2.45, 2.75) is 0 Å². The number of anilines is 1. The second kappa shape index (κ2) is 3.72. The van der Waals surface area contributed by atoms with Gasteiger partial charge >= 0.3 is 0 Å². The number of rotatable bonds is 1. The van der Waals surface area contributed by atoms with Crippen LogP contribution in [0.3, 0.4) is 0 Å². The number of carbonyl (C=O) groups is 1. The number of likely N-dealkylation sites (N-methyl/N-ethyl adjacent to an activating group) is 1. The summed E-state index contributed by atoms with van der Waals surface area (Å²) in [7, 11) is 1.77. The Kier molecular flexibility index (Phi) is 2.40. The van der Waals surface area contributed by atoms with Gasteiger partial charge in [-0.2, -0.15) is 0 Å². The number of aromatic amines is 1. The van der Waals surface area contributed by atoms with Gasteiger partial charge in [-0.1, -0.05) is 0 Å². The first kappa shape index (κ1) is 9.70. The van der Waals surface area contributed by atoms with E-state index in [2.05, 4.69) is 9.97 Å². The van der Waals surface area contributed by atoms with E-state index in [0.717, 1.165) is 0 Å². The smallest absolute Gasteiger partial charge is 0.252 e. The van der Waals surface area contributed by atoms with Gasteiger partial charge in [0.25, 0.3) is 5.56 Å². The molecule has 1 N–H and O–H groups in total. The van der Waals surface area contributed by atoms with Gasteiger partial charge in [0.15, 0.2) is 0 Å². The minimum atomic E-state index is -0.202. The van der Waals surface area contributed by atoms with Crippen LogP contribution in [0.5, 0.6) is 0 Å². The highest BCUT2D eigenvalue weighted by Gasteiger charge is 2.21. The van der Waals surface area contributed by atoms with Crippen molar-refractivity contribution in [1.29, 1.82) is 0 Å². The molecule has 1 amide bonds. The van der Waals surface area contributed by atoms with Crippen molar-refractivity contribution in [3.8, 4) is 0 Å². The van der Waals surface area contributed by atoms with E-state index < -0.39 is 0 Å². The Morgan fingerprint density at radius 2 is 2.20 bits per heavy atom. The summed E-state index contributed by atoms with van der Waals surface area (Å²) in [5, 5.41) is 0. The van der Waals surface area contributed by atoms with Crippen LogP contribution < -0.4 is 10.5 Å². The van der Waals surface area contributed by atoms with Crippen LogP contribution in [-0.4, -0.2) is 47.5 Å². The number of hydrogen-bond acceptors (Lipinski definition) is 4. The minimum Gasteiger partial charge on any atom is -0.345 e. The highest BCUT2D eigenvalue weighted by atomic mass is 16.2. The molecule has 0 saturated carbocycles. The van der Waals surface area contributed by atoms with Crippen molar-refractivity contribution in [2.24, 2.45) is 0 Å². The van der Waals surface area contributed by atoms with Crippen LogP contribution in [0.1, 0.15) is 0 Å². The van der Waals surface area contributed by atoms with Gasteiger partial charge in [-0.25, -0.2) is 4.98 Å². The number of aromatic nitrogens is 2. The number of H-pyrrole nitrogens is 1. The summed E-state index contributed by atoms with van der Waals surface area (Å²) >= 11 is 0. The van der Waals surface area contributed by atoms with E-state index in [1.165, 1.54) is 12.4 Å². The number of carbonyl (C=O) groups excluding carboxylic acids is 1. The second-order valence-electron chi connectivity index (χ2n) is 3.51. The molecule has 6 heteroatoms. The molecule has 1 aliphatic rings. The molecule has 0 spiro atoms. The lowest BCUT2D eigenvalue weighted by Gasteiger charge is -2.32. The van der Waals surface area contributed by atoms with Crippen LogP contribution in [0, 0.1) is 0 Å². The maximum Gasteiger partial charge on any atom is 0.252 e. The van der Waals surface area contributed by atoms with E-state index in [0.29, 0.717) is 18.9 Å². The SMILES string of the molecule is CN1CCN(c2cc(=O)[nH]cn2)CC1=O. The fraction of sp³-hybridized carbons (Fsp3) is 0.444. The van der Waals surface area contributed by atoms with Gasteiger partial charge in [0, 0.05) is 26.2 Å². The third kappa shape index (κ3) is 1.98. The molecular formula is C9H12N4O2. The summed E-state index contributed by atoms with van der Waals surface area (Å²) < 4.78 is 0. The van der Waals surface area contributed by atoms with Crippen LogP contribution in [-0.2, 0) is 4.79 Å². The van der Waals surface area contributed by atoms with Crippen molar-refractivity contribution >= 4 is 11.7 Å². The van der Waals surface area contributed by atoms with Crippen molar-refractivity contribution in [1.82, 2.24) is 14.9 Å². The molecule has 1 saturated heterocycles. The highest BCUT2D eigenvalue weighted by Crippen LogP contribution is 2.09. The van der Waals surface area contributed by atoms with E-state index in [9.17, 15) is 9.59 Å². The fourth-order valence-corrected chi connectivity index (χ4v) is 1.49. The lowest BCUT2D eigenvalue weighted by molar-refractivity contribution is -0.129.